The van der Waals surface area contributed by atoms with Crippen LogP contribution >= 0.6 is 11.6 Å². The molecule has 0 radical (unpaired) electrons. The van der Waals surface area contributed by atoms with Gasteiger partial charge in [0.15, 0.2) is 0 Å². The van der Waals surface area contributed by atoms with Gasteiger partial charge in [0.05, 0.1) is 27.0 Å². The Morgan fingerprint density at radius 3 is 2.11 bits per heavy atom. The normalized spacial score (nSPS) is 10.8. The van der Waals surface area contributed by atoms with Crippen LogP contribution in [0.25, 0.3) is 0 Å². The van der Waals surface area contributed by atoms with Gasteiger partial charge >= 0.3 is 11.9 Å². The molecule has 0 atom stereocenters. The number of hydrogen-bond donors (Lipinski definition) is 0. The maximum Gasteiger partial charge on any atom is 0.329 e. The number of rotatable bonds is 4. The van der Waals surface area contributed by atoms with Gasteiger partial charge in [0.1, 0.15) is 0 Å². The summed E-state index contributed by atoms with van der Waals surface area (Å²) in [5.74, 6) is -1.53. The number of methoxy groups -OCH3 is 3. The molecule has 0 fully saturated rings. The molecular formula is C11H13ClN2O5. The second kappa shape index (κ2) is 5.83. The molecule has 7 nitrogen and oxygen atoms in total. The molecule has 0 unspecified atom stereocenters. The summed E-state index contributed by atoms with van der Waals surface area (Å²) < 4.78 is 14.2. The number of nitrogens with zero attached hydrogens (tertiary/aromatic N) is 2. The molecule has 8 heteroatoms. The monoisotopic (exact) mass is 288 g/mol. The van der Waals surface area contributed by atoms with Crippen molar-refractivity contribution in [3.63, 3.8) is 0 Å². The fourth-order valence-electron chi connectivity index (χ4n) is 1.46. The van der Waals surface area contributed by atoms with E-state index in [1.54, 1.807) is 0 Å². The van der Waals surface area contributed by atoms with Crippen LogP contribution in [-0.2, 0) is 24.5 Å². The van der Waals surface area contributed by atoms with Crippen LogP contribution in [0.3, 0.4) is 0 Å². The van der Waals surface area contributed by atoms with Gasteiger partial charge in [0.25, 0.3) is 0 Å². The van der Waals surface area contributed by atoms with E-state index in [0.29, 0.717) is 0 Å². The largest absolute Gasteiger partial charge is 0.481 e. The van der Waals surface area contributed by atoms with E-state index < -0.39 is 17.4 Å². The average molecular weight is 289 g/mol. The van der Waals surface area contributed by atoms with Gasteiger partial charge in [-0.25, -0.2) is 4.98 Å². The highest BCUT2D eigenvalue weighted by molar-refractivity contribution is 6.28. The summed E-state index contributed by atoms with van der Waals surface area (Å²) in [5.41, 5.74) is -1.72. The fraction of sp³-hybridized carbons (Fsp3) is 0.455. The van der Waals surface area contributed by atoms with E-state index in [1.807, 2.05) is 0 Å². The average Bonchev–Trinajstić information content (AvgIpc) is 2.43. The summed E-state index contributed by atoms with van der Waals surface area (Å²) in [5, 5.41) is -0.159. The number of hydrogen-bond acceptors (Lipinski definition) is 7. The van der Waals surface area contributed by atoms with E-state index in [1.165, 1.54) is 20.1 Å². The first-order valence-electron chi connectivity index (χ1n) is 5.16. The van der Waals surface area contributed by atoms with Gasteiger partial charge in [-0.1, -0.05) is 0 Å². The lowest BCUT2D eigenvalue weighted by Crippen LogP contribution is -2.43. The molecule has 1 heterocycles. The number of ether oxygens (including phenoxy) is 3. The van der Waals surface area contributed by atoms with Crippen LogP contribution in [0.15, 0.2) is 6.07 Å². The van der Waals surface area contributed by atoms with E-state index in [-0.39, 0.29) is 16.9 Å². The number of carbonyl (C=O) groups excluding carboxylic acids is 2. The molecule has 0 amide bonds. The Hall–Kier alpha value is -1.89. The van der Waals surface area contributed by atoms with Crippen molar-refractivity contribution in [2.75, 3.05) is 21.3 Å². The Bertz CT molecular complexity index is 490. The van der Waals surface area contributed by atoms with Gasteiger partial charge in [0, 0.05) is 6.07 Å². The van der Waals surface area contributed by atoms with E-state index in [2.05, 4.69) is 19.4 Å². The third-order valence-electron chi connectivity index (χ3n) is 2.58. The first-order chi connectivity index (χ1) is 8.89. The van der Waals surface area contributed by atoms with E-state index in [0.717, 1.165) is 14.2 Å². The number of esters is 2. The maximum absolute atomic E-state index is 11.9. The van der Waals surface area contributed by atoms with Crippen LogP contribution in [0.1, 0.15) is 12.6 Å². The molecule has 104 valence electrons. The Kier molecular flexibility index (Phi) is 4.66. The lowest BCUT2D eigenvalue weighted by Gasteiger charge is -2.23. The molecule has 0 saturated carbocycles. The molecule has 1 rings (SSSR count). The van der Waals surface area contributed by atoms with Crippen LogP contribution in [0, 0.1) is 0 Å². The molecule has 0 aliphatic heterocycles. The van der Waals surface area contributed by atoms with Crippen LogP contribution in [-0.4, -0.2) is 43.2 Å². The first-order valence-corrected chi connectivity index (χ1v) is 5.53. The fourth-order valence-corrected chi connectivity index (χ4v) is 1.63. The quantitative estimate of drug-likeness (QED) is 0.459. The van der Waals surface area contributed by atoms with Crippen molar-refractivity contribution in [1.29, 1.82) is 0 Å². The van der Waals surface area contributed by atoms with Crippen LogP contribution in [0.4, 0.5) is 0 Å². The molecule has 1 aromatic heterocycles. The highest BCUT2D eigenvalue weighted by atomic mass is 35.5. The Balaban J connectivity index is 3.45. The molecule has 1 aromatic rings. The van der Waals surface area contributed by atoms with Gasteiger partial charge in [-0.05, 0) is 18.5 Å². The van der Waals surface area contributed by atoms with Crippen LogP contribution in [0.5, 0.6) is 5.88 Å². The van der Waals surface area contributed by atoms with Gasteiger partial charge in [0.2, 0.25) is 16.6 Å². The summed E-state index contributed by atoms with van der Waals surface area (Å²) >= 11 is 5.72. The van der Waals surface area contributed by atoms with Gasteiger partial charge in [-0.3, -0.25) is 9.59 Å². The lowest BCUT2D eigenvalue weighted by atomic mass is 9.86. The summed E-state index contributed by atoms with van der Waals surface area (Å²) in [7, 11) is 3.68. The molecule has 0 aliphatic carbocycles. The van der Waals surface area contributed by atoms with Crippen molar-refractivity contribution in [2.45, 2.75) is 12.3 Å². The zero-order valence-electron chi connectivity index (χ0n) is 10.9. The van der Waals surface area contributed by atoms with Crippen LogP contribution in [0.2, 0.25) is 5.28 Å². The van der Waals surface area contributed by atoms with Gasteiger partial charge in [-0.2, -0.15) is 4.98 Å². The molecule has 0 aliphatic rings. The van der Waals surface area contributed by atoms with Crippen LogP contribution < -0.4 is 4.74 Å². The third kappa shape index (κ3) is 2.76. The third-order valence-corrected chi connectivity index (χ3v) is 2.75. The van der Waals surface area contributed by atoms with Crippen molar-refractivity contribution in [1.82, 2.24) is 9.97 Å². The lowest BCUT2D eigenvalue weighted by molar-refractivity contribution is -0.161. The Morgan fingerprint density at radius 1 is 1.16 bits per heavy atom. The van der Waals surface area contributed by atoms with Crippen molar-refractivity contribution < 1.29 is 23.8 Å². The smallest absolute Gasteiger partial charge is 0.329 e. The van der Waals surface area contributed by atoms with Crippen molar-refractivity contribution in [3.8, 4) is 5.88 Å². The molecule has 0 saturated heterocycles. The molecular weight excluding hydrogens is 276 g/mol. The van der Waals surface area contributed by atoms with Crippen molar-refractivity contribution >= 4 is 23.5 Å². The minimum absolute atomic E-state index is 0.0306. The molecule has 0 bridgehead atoms. The molecule has 19 heavy (non-hydrogen) atoms. The number of halogens is 1. The first kappa shape index (κ1) is 15.2. The van der Waals surface area contributed by atoms with Gasteiger partial charge in [-0.15, -0.1) is 0 Å². The predicted molar refractivity (Wildman–Crippen MR) is 65.0 cm³/mol. The standard InChI is InChI=1S/C11H13ClN2O5/c1-11(8(15)18-3,9(16)19-4)6-5-7(17-2)14-10(12)13-6/h5H,1-4H3. The zero-order chi connectivity index (χ0) is 14.6. The molecule has 0 aromatic carbocycles. The predicted octanol–water partition coefficient (Wildman–Crippen LogP) is 0.742. The van der Waals surface area contributed by atoms with E-state index in [9.17, 15) is 9.59 Å². The summed E-state index contributed by atoms with van der Waals surface area (Å²) in [6, 6.07) is 1.32. The van der Waals surface area contributed by atoms with E-state index >= 15 is 0 Å². The SMILES string of the molecule is COC(=O)C(C)(C(=O)OC)c1cc(OC)nc(Cl)n1. The zero-order valence-corrected chi connectivity index (χ0v) is 11.6. The highest BCUT2D eigenvalue weighted by Crippen LogP contribution is 2.28. The summed E-state index contributed by atoms with van der Waals surface area (Å²) in [6.45, 7) is 1.32. The van der Waals surface area contributed by atoms with Crippen molar-refractivity contribution in [2.24, 2.45) is 0 Å². The van der Waals surface area contributed by atoms with E-state index in [4.69, 9.17) is 16.3 Å². The second-order valence-corrected chi connectivity index (χ2v) is 4.01. The molecule has 0 spiro atoms. The number of carbonyl (C=O) groups is 2. The second-order valence-electron chi connectivity index (χ2n) is 3.67. The minimum atomic E-state index is -1.75. The summed E-state index contributed by atoms with van der Waals surface area (Å²) in [4.78, 5) is 31.4. The minimum Gasteiger partial charge on any atom is -0.481 e. The maximum atomic E-state index is 11.9. The van der Waals surface area contributed by atoms with Gasteiger partial charge < -0.3 is 14.2 Å². The number of aromatic nitrogens is 2. The Morgan fingerprint density at radius 2 is 1.68 bits per heavy atom. The summed E-state index contributed by atoms with van der Waals surface area (Å²) in [6.07, 6.45) is 0. The highest BCUT2D eigenvalue weighted by Gasteiger charge is 2.47. The Labute approximate surface area is 114 Å². The molecule has 0 N–H and O–H groups in total. The van der Waals surface area contributed by atoms with Crippen molar-refractivity contribution in [3.05, 3.63) is 17.0 Å². The topological polar surface area (TPSA) is 87.6 Å².